The summed E-state index contributed by atoms with van der Waals surface area (Å²) in [4.78, 5) is 19.6. The van der Waals surface area contributed by atoms with E-state index in [4.69, 9.17) is 33.0 Å². The van der Waals surface area contributed by atoms with Crippen LogP contribution in [0.2, 0.25) is 10.0 Å². The molecule has 0 spiro atoms. The van der Waals surface area contributed by atoms with Crippen molar-refractivity contribution in [1.82, 2.24) is 4.90 Å². The lowest BCUT2D eigenvalue weighted by Crippen LogP contribution is -2.18. The summed E-state index contributed by atoms with van der Waals surface area (Å²) < 4.78 is 38.7. The second-order valence-electron chi connectivity index (χ2n) is 5.82. The molecule has 4 nitrogen and oxygen atoms in total. The summed E-state index contributed by atoms with van der Waals surface area (Å²) in [5, 5.41) is 0.910. The van der Waals surface area contributed by atoms with Crippen LogP contribution in [0.1, 0.15) is 16.7 Å². The third kappa shape index (κ3) is 5.04. The second-order valence-corrected chi connectivity index (χ2v) is 9.14. The largest absolute Gasteiger partial charge is 0.399 e. The topological polar surface area (TPSA) is 60.8 Å². The van der Waals surface area contributed by atoms with Gasteiger partial charge in [0.25, 0.3) is 0 Å². The van der Waals surface area contributed by atoms with Gasteiger partial charge in [-0.25, -0.2) is 0 Å². The highest BCUT2D eigenvalue weighted by atomic mass is 79.9. The van der Waals surface area contributed by atoms with Crippen LogP contribution >= 0.6 is 46.7 Å². The van der Waals surface area contributed by atoms with Crippen LogP contribution in [0.5, 0.6) is 0 Å². The monoisotopic (exact) mass is 487 g/mol. The Hall–Kier alpha value is -0.530. The predicted molar refractivity (Wildman–Crippen MR) is 102 cm³/mol. The zero-order chi connectivity index (χ0) is 19.7. The Morgan fingerprint density at radius 3 is 2.12 bits per heavy atom. The summed E-state index contributed by atoms with van der Waals surface area (Å²) >= 11 is 14.8. The van der Waals surface area contributed by atoms with Crippen LogP contribution < -0.4 is 0 Å². The zero-order valence-electron chi connectivity index (χ0n) is 13.5. The van der Waals surface area contributed by atoms with E-state index in [1.165, 1.54) is 12.1 Å². The first-order chi connectivity index (χ1) is 11.9. The molecule has 0 bridgehead atoms. The molecule has 26 heavy (non-hydrogen) atoms. The van der Waals surface area contributed by atoms with Crippen LogP contribution in [-0.4, -0.2) is 21.7 Å². The van der Waals surface area contributed by atoms with Crippen molar-refractivity contribution in [2.45, 2.75) is 18.8 Å². The molecule has 0 aromatic heterocycles. The highest BCUT2D eigenvalue weighted by molar-refractivity contribution is 9.10. The molecule has 0 saturated carbocycles. The highest BCUT2D eigenvalue weighted by Crippen LogP contribution is 2.60. The number of halogens is 5. The van der Waals surface area contributed by atoms with Crippen molar-refractivity contribution in [2.75, 3.05) is 7.05 Å². The summed E-state index contributed by atoms with van der Waals surface area (Å²) in [6, 6.07) is 9.14. The van der Waals surface area contributed by atoms with E-state index < -0.39 is 18.8 Å². The fourth-order valence-electron chi connectivity index (χ4n) is 2.38. The van der Waals surface area contributed by atoms with Crippen LogP contribution in [0, 0.1) is 0 Å². The number of nitrogens with zero attached hydrogens (tertiary/aromatic N) is 1. The lowest BCUT2D eigenvalue weighted by atomic mass is 10.1. The van der Waals surface area contributed by atoms with Crippen molar-refractivity contribution in [3.63, 3.8) is 0 Å². The van der Waals surface area contributed by atoms with Crippen LogP contribution in [0.4, 0.5) is 8.78 Å². The maximum atomic E-state index is 13.8. The van der Waals surface area contributed by atoms with Gasteiger partial charge in [0.05, 0.1) is 10.0 Å². The Bertz CT molecular complexity index is 863. The molecule has 2 aromatic carbocycles. The number of alkyl halides is 2. The van der Waals surface area contributed by atoms with Crippen molar-refractivity contribution in [2.24, 2.45) is 0 Å². The van der Waals surface area contributed by atoms with Crippen molar-refractivity contribution >= 4 is 46.7 Å². The summed E-state index contributed by atoms with van der Waals surface area (Å²) in [5.74, 6) is 0. The smallest absolute Gasteiger partial charge is 0.320 e. The standard InChI is InChI=1S/C16H15BrCl2F2NO3P/c1-22(9-11-3-5-14(18)15(19)7-11)8-10-2-4-12(13(17)6-10)16(20,21)26(23,24)25/h2-7H,8-9H2,1H3,(H2,23,24,25). The molecule has 0 aliphatic rings. The molecular formula is C16H15BrCl2F2NO3P. The molecule has 0 saturated heterocycles. The van der Waals surface area contributed by atoms with Crippen LogP contribution in [0.3, 0.4) is 0 Å². The molecule has 2 aromatic rings. The van der Waals surface area contributed by atoms with E-state index >= 15 is 0 Å². The van der Waals surface area contributed by atoms with Gasteiger partial charge in [0.15, 0.2) is 0 Å². The van der Waals surface area contributed by atoms with Gasteiger partial charge in [-0.15, -0.1) is 0 Å². The third-order valence-electron chi connectivity index (χ3n) is 3.61. The van der Waals surface area contributed by atoms with Gasteiger partial charge >= 0.3 is 13.3 Å². The van der Waals surface area contributed by atoms with Gasteiger partial charge in [0.2, 0.25) is 0 Å². The number of benzene rings is 2. The van der Waals surface area contributed by atoms with Gasteiger partial charge in [-0.2, -0.15) is 8.78 Å². The fraction of sp³-hybridized carbons (Fsp3) is 0.250. The van der Waals surface area contributed by atoms with Gasteiger partial charge in [-0.1, -0.05) is 57.3 Å². The van der Waals surface area contributed by atoms with Gasteiger partial charge in [0, 0.05) is 23.1 Å². The van der Waals surface area contributed by atoms with E-state index in [0.29, 0.717) is 28.7 Å². The molecule has 0 radical (unpaired) electrons. The van der Waals surface area contributed by atoms with E-state index in [9.17, 15) is 13.3 Å². The highest BCUT2D eigenvalue weighted by Gasteiger charge is 2.51. The molecule has 0 aliphatic carbocycles. The van der Waals surface area contributed by atoms with E-state index in [-0.39, 0.29) is 4.47 Å². The first-order valence-corrected chi connectivity index (χ1v) is 10.4. The minimum absolute atomic E-state index is 0.0636. The Kier molecular flexibility index (Phi) is 6.89. The first-order valence-electron chi connectivity index (χ1n) is 7.26. The molecule has 0 atom stereocenters. The molecule has 142 valence electrons. The summed E-state index contributed by atoms with van der Waals surface area (Å²) in [6.07, 6.45) is 0. The third-order valence-corrected chi connectivity index (χ3v) is 5.98. The predicted octanol–water partition coefficient (Wildman–Crippen LogP) is 5.61. The van der Waals surface area contributed by atoms with Crippen molar-refractivity contribution in [1.29, 1.82) is 0 Å². The Morgan fingerprint density at radius 2 is 1.62 bits per heavy atom. The normalized spacial score (nSPS) is 12.7. The molecule has 2 rings (SSSR count). The number of hydrogen-bond acceptors (Lipinski definition) is 2. The minimum atomic E-state index is -5.61. The zero-order valence-corrected chi connectivity index (χ0v) is 17.5. The number of rotatable bonds is 6. The van der Waals surface area contributed by atoms with Crippen LogP contribution in [0.15, 0.2) is 40.9 Å². The van der Waals surface area contributed by atoms with Gasteiger partial charge in [-0.3, -0.25) is 9.46 Å². The second kappa shape index (κ2) is 8.23. The van der Waals surface area contributed by atoms with Gasteiger partial charge in [0.1, 0.15) is 0 Å². The maximum absolute atomic E-state index is 13.8. The molecular weight excluding hydrogens is 474 g/mol. The average molecular weight is 489 g/mol. The summed E-state index contributed by atoms with van der Waals surface area (Å²) in [6.45, 7) is 0.982. The molecule has 0 aliphatic heterocycles. The van der Waals surface area contributed by atoms with Crippen molar-refractivity contribution in [3.8, 4) is 0 Å². The Labute approximate surface area is 168 Å². The molecule has 10 heteroatoms. The molecule has 2 N–H and O–H groups in total. The quantitative estimate of drug-likeness (QED) is 0.518. The lowest BCUT2D eigenvalue weighted by molar-refractivity contribution is 0.0557. The first kappa shape index (κ1) is 21.8. The minimum Gasteiger partial charge on any atom is -0.320 e. The van der Waals surface area contributed by atoms with E-state index in [1.54, 1.807) is 12.1 Å². The van der Waals surface area contributed by atoms with Gasteiger partial charge < -0.3 is 9.79 Å². The van der Waals surface area contributed by atoms with Gasteiger partial charge in [-0.05, 0) is 36.4 Å². The molecule has 0 heterocycles. The lowest BCUT2D eigenvalue weighted by Gasteiger charge is -2.21. The average Bonchev–Trinajstić information content (AvgIpc) is 2.49. The van der Waals surface area contributed by atoms with Crippen LogP contribution in [-0.2, 0) is 23.3 Å². The SMILES string of the molecule is CN(Cc1ccc(Cl)c(Cl)c1)Cc1ccc(C(F)(F)P(=O)(O)O)c(Br)c1. The molecule has 0 unspecified atom stereocenters. The van der Waals surface area contributed by atoms with Crippen molar-refractivity contribution in [3.05, 3.63) is 67.6 Å². The number of hydrogen-bond donors (Lipinski definition) is 2. The van der Waals surface area contributed by atoms with E-state index in [1.807, 2.05) is 18.0 Å². The summed E-state index contributed by atoms with van der Waals surface area (Å²) in [7, 11) is -3.77. The Balaban J connectivity index is 2.14. The summed E-state index contributed by atoms with van der Waals surface area (Å²) in [5.41, 5.74) is -3.37. The molecule has 0 amide bonds. The Morgan fingerprint density at radius 1 is 1.08 bits per heavy atom. The van der Waals surface area contributed by atoms with E-state index in [0.717, 1.165) is 11.6 Å². The molecule has 0 fully saturated rings. The fourth-order valence-corrected chi connectivity index (χ4v) is 4.03. The maximum Gasteiger partial charge on any atom is 0.399 e. The van der Waals surface area contributed by atoms with Crippen molar-refractivity contribution < 1.29 is 23.1 Å². The van der Waals surface area contributed by atoms with E-state index in [2.05, 4.69) is 15.9 Å². The van der Waals surface area contributed by atoms with Crippen LogP contribution in [0.25, 0.3) is 0 Å².